The zero-order valence-corrected chi connectivity index (χ0v) is 20.0. The highest BCUT2D eigenvalue weighted by atomic mass is 35.5. The van der Waals surface area contributed by atoms with Crippen molar-refractivity contribution >= 4 is 38.5 Å². The van der Waals surface area contributed by atoms with Crippen molar-refractivity contribution in [3.8, 4) is 11.4 Å². The number of nitrogens with zero attached hydrogens (tertiary/aromatic N) is 3. The number of hydrogen-bond donors (Lipinski definition) is 1. The van der Waals surface area contributed by atoms with Gasteiger partial charge < -0.3 is 18.9 Å². The first-order valence-electron chi connectivity index (χ1n) is 10.2. The summed E-state index contributed by atoms with van der Waals surface area (Å²) in [5.74, 6) is -0.427. The molecule has 33 heavy (non-hydrogen) atoms. The molecule has 4 rings (SSSR count). The van der Waals surface area contributed by atoms with E-state index < -0.39 is 21.6 Å². The van der Waals surface area contributed by atoms with Gasteiger partial charge in [0.25, 0.3) is 0 Å². The molecule has 1 saturated heterocycles. The molecule has 3 aromatic rings. The third-order valence-corrected chi connectivity index (χ3v) is 6.98. The van der Waals surface area contributed by atoms with E-state index in [2.05, 4.69) is 4.98 Å². The fourth-order valence-electron chi connectivity index (χ4n) is 3.93. The van der Waals surface area contributed by atoms with Gasteiger partial charge in [-0.25, -0.2) is 23.2 Å². The summed E-state index contributed by atoms with van der Waals surface area (Å²) in [6.45, 7) is 3.31. The summed E-state index contributed by atoms with van der Waals surface area (Å²) in [6, 6.07) is 8.13. The molecule has 1 aliphatic heterocycles. The molecule has 0 aliphatic carbocycles. The van der Waals surface area contributed by atoms with Crippen LogP contribution in [-0.2, 0) is 25.7 Å². The topological polar surface area (TPSA) is 97.5 Å². The number of halogens is 2. The number of rotatable bonds is 4. The summed E-state index contributed by atoms with van der Waals surface area (Å²) in [5.41, 5.74) is 2.46. The van der Waals surface area contributed by atoms with Gasteiger partial charge in [-0.05, 0) is 36.8 Å². The van der Waals surface area contributed by atoms with E-state index >= 15 is 4.39 Å². The second-order valence-electron chi connectivity index (χ2n) is 8.05. The summed E-state index contributed by atoms with van der Waals surface area (Å²) in [6.07, 6.45) is 0.403. The van der Waals surface area contributed by atoms with Gasteiger partial charge in [-0.2, -0.15) is 0 Å². The first kappa shape index (κ1) is 23.5. The van der Waals surface area contributed by atoms with Gasteiger partial charge in [-0.15, -0.1) is 0 Å². The van der Waals surface area contributed by atoms with E-state index in [1.54, 1.807) is 4.90 Å². The number of carbonyl (C=O) groups is 1. The molecule has 0 spiro atoms. The van der Waals surface area contributed by atoms with Crippen molar-refractivity contribution in [2.75, 3.05) is 33.1 Å². The zero-order chi connectivity index (χ0) is 23.9. The van der Waals surface area contributed by atoms with Gasteiger partial charge in [0.2, 0.25) is 0 Å². The molecule has 176 valence electrons. The van der Waals surface area contributed by atoms with Crippen molar-refractivity contribution in [3.05, 3.63) is 46.7 Å². The summed E-state index contributed by atoms with van der Waals surface area (Å²) in [4.78, 5) is 18.2. The lowest BCUT2D eigenvalue weighted by atomic mass is 10.2. The monoisotopic (exact) mass is 494 g/mol. The van der Waals surface area contributed by atoms with Crippen LogP contribution in [0.15, 0.2) is 35.2 Å². The van der Waals surface area contributed by atoms with E-state index in [-0.39, 0.29) is 27.4 Å². The highest BCUT2D eigenvalue weighted by molar-refractivity contribution is 7.91. The minimum atomic E-state index is -3.15. The summed E-state index contributed by atoms with van der Waals surface area (Å²) in [5, 5.41) is 0.0147. The van der Waals surface area contributed by atoms with Crippen LogP contribution < -0.4 is 0 Å². The van der Waals surface area contributed by atoms with Crippen molar-refractivity contribution < 1.29 is 22.9 Å². The normalized spacial score (nSPS) is 18.3. The Labute approximate surface area is 196 Å². The zero-order valence-electron chi connectivity index (χ0n) is 18.4. The number of aromatic nitrogens is 2. The average molecular weight is 495 g/mol. The summed E-state index contributed by atoms with van der Waals surface area (Å²) >= 11 is 6.43. The molecule has 1 unspecified atom stereocenters. The van der Waals surface area contributed by atoms with Crippen LogP contribution in [0.4, 0.5) is 9.18 Å². The maximum atomic E-state index is 15.3. The quantitative estimate of drug-likeness (QED) is 0.583. The van der Waals surface area contributed by atoms with E-state index in [0.717, 1.165) is 17.1 Å². The Bertz CT molecular complexity index is 1320. The number of benzene rings is 2. The van der Waals surface area contributed by atoms with Crippen molar-refractivity contribution in [2.45, 2.75) is 24.5 Å². The molecule has 0 saturated carbocycles. The second kappa shape index (κ2) is 8.92. The highest BCUT2D eigenvalue weighted by Gasteiger charge is 2.28. The SMILES string of the molecule is COC(=O)N1CCO[C@@H](Cn2c(-c3c(F)cc(S(C)(=N)=O)cc3Cl)nc3cc(C)ccc32)C1. The van der Waals surface area contributed by atoms with E-state index in [9.17, 15) is 9.00 Å². The van der Waals surface area contributed by atoms with Crippen molar-refractivity contribution in [1.29, 1.82) is 4.78 Å². The molecule has 8 nitrogen and oxygen atoms in total. The van der Waals surface area contributed by atoms with E-state index in [4.69, 9.17) is 25.9 Å². The third-order valence-electron chi connectivity index (χ3n) is 5.55. The number of fused-ring (bicyclic) bond motifs is 1. The summed E-state index contributed by atoms with van der Waals surface area (Å²) in [7, 11) is -1.82. The van der Waals surface area contributed by atoms with Crippen LogP contribution in [0, 0.1) is 17.5 Å². The molecular weight excluding hydrogens is 471 g/mol. The van der Waals surface area contributed by atoms with Gasteiger partial charge in [-0.1, -0.05) is 17.7 Å². The lowest BCUT2D eigenvalue weighted by molar-refractivity contribution is -0.0310. The molecular formula is C22H24ClFN4O4S. The average Bonchev–Trinajstić information content (AvgIpc) is 3.09. The highest BCUT2D eigenvalue weighted by Crippen LogP contribution is 2.35. The number of aryl methyl sites for hydroxylation is 1. The lowest BCUT2D eigenvalue weighted by Crippen LogP contribution is -2.47. The summed E-state index contributed by atoms with van der Waals surface area (Å²) < 4.78 is 47.7. The molecule has 1 aromatic heterocycles. The maximum Gasteiger partial charge on any atom is 0.409 e. The molecule has 11 heteroatoms. The number of nitrogens with one attached hydrogen (secondary N) is 1. The Balaban J connectivity index is 1.82. The Morgan fingerprint density at radius 3 is 2.82 bits per heavy atom. The Morgan fingerprint density at radius 2 is 2.15 bits per heavy atom. The van der Waals surface area contributed by atoms with Crippen LogP contribution in [-0.4, -0.2) is 63.9 Å². The molecule has 0 radical (unpaired) electrons. The van der Waals surface area contributed by atoms with Crippen LogP contribution in [0.5, 0.6) is 0 Å². The fourth-order valence-corrected chi connectivity index (χ4v) is 4.96. The van der Waals surface area contributed by atoms with E-state index in [1.165, 1.54) is 19.4 Å². The Morgan fingerprint density at radius 1 is 1.39 bits per heavy atom. The van der Waals surface area contributed by atoms with Gasteiger partial charge in [0, 0.05) is 12.8 Å². The Hall–Kier alpha value is -2.69. The predicted molar refractivity (Wildman–Crippen MR) is 124 cm³/mol. The van der Waals surface area contributed by atoms with Gasteiger partial charge in [0.05, 0.1) is 69.2 Å². The van der Waals surface area contributed by atoms with Crippen molar-refractivity contribution in [2.24, 2.45) is 0 Å². The largest absolute Gasteiger partial charge is 0.453 e. The lowest BCUT2D eigenvalue weighted by Gasteiger charge is -2.32. The van der Waals surface area contributed by atoms with E-state index in [0.29, 0.717) is 31.8 Å². The molecule has 2 atom stereocenters. The molecule has 2 aromatic carbocycles. The van der Waals surface area contributed by atoms with Crippen LogP contribution in [0.25, 0.3) is 22.4 Å². The molecule has 1 aliphatic rings. The first-order valence-corrected chi connectivity index (χ1v) is 12.6. The number of morpholine rings is 1. The minimum absolute atomic E-state index is 0.0107. The van der Waals surface area contributed by atoms with Crippen LogP contribution in [0.3, 0.4) is 0 Å². The van der Waals surface area contributed by atoms with Crippen molar-refractivity contribution in [1.82, 2.24) is 14.5 Å². The number of imidazole rings is 1. The number of hydrogen-bond acceptors (Lipinski definition) is 6. The van der Waals surface area contributed by atoms with Gasteiger partial charge >= 0.3 is 6.09 Å². The number of methoxy groups -OCH3 is 1. The standard InChI is InChI=1S/C22H24ClFN4O4S/c1-13-4-5-19-18(8-13)26-21(20-16(23)9-15(10-17(20)24)33(3,25)30)28(19)12-14-11-27(6-7-32-14)22(29)31-2/h4-5,8-10,14,25H,6-7,11-12H2,1-3H3/t14-,33?/m1/s1. The van der Waals surface area contributed by atoms with Crippen molar-refractivity contribution in [3.63, 3.8) is 0 Å². The fraction of sp³-hybridized carbons (Fsp3) is 0.364. The van der Waals surface area contributed by atoms with Crippen LogP contribution in [0.1, 0.15) is 5.56 Å². The molecule has 1 N–H and O–H groups in total. The van der Waals surface area contributed by atoms with E-state index in [1.807, 2.05) is 29.7 Å². The number of amides is 1. The third kappa shape index (κ3) is 4.68. The smallest absolute Gasteiger partial charge is 0.409 e. The minimum Gasteiger partial charge on any atom is -0.453 e. The second-order valence-corrected chi connectivity index (χ2v) is 10.6. The molecule has 0 bridgehead atoms. The number of ether oxygens (including phenoxy) is 2. The van der Waals surface area contributed by atoms with Crippen LogP contribution in [0.2, 0.25) is 5.02 Å². The predicted octanol–water partition coefficient (Wildman–Crippen LogP) is 4.31. The molecule has 1 fully saturated rings. The van der Waals surface area contributed by atoms with Gasteiger partial charge in [-0.3, -0.25) is 0 Å². The molecule has 1 amide bonds. The van der Waals surface area contributed by atoms with Gasteiger partial charge in [0.1, 0.15) is 11.6 Å². The maximum absolute atomic E-state index is 15.3. The van der Waals surface area contributed by atoms with Crippen LogP contribution >= 0.6 is 11.6 Å². The number of carbonyl (C=O) groups excluding carboxylic acids is 1. The van der Waals surface area contributed by atoms with Gasteiger partial charge in [0.15, 0.2) is 0 Å². The Kier molecular flexibility index (Phi) is 6.35. The first-order chi connectivity index (χ1) is 15.6. The molecule has 2 heterocycles.